The SMILES string of the molecule is CC/C=C\C/C=C\C/C=C\C/C=C\C/C=C\CCCC(=O)OC(COCCCCCCCC/C=C\C/C=C\C/C=C\CC)COP(=O)([O-])OCC[N+](C)(C)C. The predicted molar refractivity (Wildman–Crippen MR) is 231 cm³/mol. The van der Waals surface area contributed by atoms with Gasteiger partial charge < -0.3 is 27.9 Å². The summed E-state index contributed by atoms with van der Waals surface area (Å²) in [6.45, 7) is 5.04. The molecule has 0 N–H and O–H groups in total. The second-order valence-electron chi connectivity index (χ2n) is 14.6. The summed E-state index contributed by atoms with van der Waals surface area (Å²) >= 11 is 0. The van der Waals surface area contributed by atoms with Crippen LogP contribution in [0.2, 0.25) is 0 Å². The number of hydrogen-bond donors (Lipinski definition) is 0. The van der Waals surface area contributed by atoms with Crippen LogP contribution in [0.3, 0.4) is 0 Å². The Balaban J connectivity index is 4.41. The number of phosphoric ester groups is 1. The van der Waals surface area contributed by atoms with Gasteiger partial charge in [-0.1, -0.05) is 137 Å². The smallest absolute Gasteiger partial charge is 0.306 e. The van der Waals surface area contributed by atoms with Crippen molar-refractivity contribution in [2.45, 2.75) is 136 Å². The Morgan fingerprint density at radius 1 is 0.564 bits per heavy atom. The standard InChI is InChI=1S/C46H78NO7P/c1-6-8-10-12-14-16-18-20-22-24-25-27-29-31-33-35-37-39-46(48)54-45(44-53-55(49,50)52-42-40-47(3,4)5)43-51-41-38-36-34-32-30-28-26-23-21-19-17-15-13-11-9-7-2/h8-11,14-17,20-23,25,27,31,33,45H,6-7,12-13,18-19,24,26,28-30,32,34-44H2,1-5H3/b10-8-,11-9-,16-14-,17-15-,22-20-,23-21-,27-25-,33-31-. The van der Waals surface area contributed by atoms with Crippen molar-refractivity contribution < 1.29 is 37.3 Å². The van der Waals surface area contributed by atoms with Crippen LogP contribution in [0.15, 0.2) is 97.2 Å². The van der Waals surface area contributed by atoms with E-state index in [-0.39, 0.29) is 26.2 Å². The molecule has 2 atom stereocenters. The average Bonchev–Trinajstić information content (AvgIpc) is 3.13. The van der Waals surface area contributed by atoms with Gasteiger partial charge in [-0.25, -0.2) is 0 Å². The number of phosphoric acid groups is 1. The highest BCUT2D eigenvalue weighted by molar-refractivity contribution is 7.45. The molecule has 0 aliphatic heterocycles. The zero-order valence-corrected chi connectivity index (χ0v) is 36.2. The van der Waals surface area contributed by atoms with Crippen molar-refractivity contribution in [2.24, 2.45) is 0 Å². The summed E-state index contributed by atoms with van der Waals surface area (Å²) < 4.78 is 34.5. The topological polar surface area (TPSA) is 94.1 Å². The van der Waals surface area contributed by atoms with Gasteiger partial charge in [0.05, 0.1) is 34.4 Å². The van der Waals surface area contributed by atoms with Crippen LogP contribution in [0.1, 0.15) is 129 Å². The Hall–Kier alpha value is -2.58. The second-order valence-corrected chi connectivity index (χ2v) is 16.0. The first-order valence-electron chi connectivity index (χ1n) is 21.0. The maximum absolute atomic E-state index is 12.6. The van der Waals surface area contributed by atoms with Crippen molar-refractivity contribution in [3.05, 3.63) is 97.2 Å². The van der Waals surface area contributed by atoms with Gasteiger partial charge in [-0.3, -0.25) is 9.36 Å². The predicted octanol–water partition coefficient (Wildman–Crippen LogP) is 11.6. The van der Waals surface area contributed by atoms with Gasteiger partial charge in [-0.05, 0) is 83.5 Å². The Labute approximate surface area is 337 Å². The molecule has 0 rings (SSSR count). The van der Waals surface area contributed by atoms with Gasteiger partial charge in [0.15, 0.2) is 0 Å². The number of likely N-dealkylation sites (N-methyl/N-ethyl adjacent to an activating group) is 1. The van der Waals surface area contributed by atoms with E-state index < -0.39 is 19.9 Å². The molecule has 9 heteroatoms. The van der Waals surface area contributed by atoms with E-state index in [0.29, 0.717) is 24.1 Å². The number of carbonyl (C=O) groups excluding carboxylic acids is 1. The summed E-state index contributed by atoms with van der Waals surface area (Å²) in [6.07, 6.45) is 51.4. The van der Waals surface area contributed by atoms with Crippen LogP contribution >= 0.6 is 7.82 Å². The van der Waals surface area contributed by atoms with Gasteiger partial charge >= 0.3 is 5.97 Å². The van der Waals surface area contributed by atoms with E-state index in [4.69, 9.17) is 18.5 Å². The average molecular weight is 788 g/mol. The summed E-state index contributed by atoms with van der Waals surface area (Å²) in [5, 5.41) is 0. The quantitative estimate of drug-likeness (QED) is 0.0203. The molecule has 8 nitrogen and oxygen atoms in total. The van der Waals surface area contributed by atoms with Crippen molar-refractivity contribution in [1.29, 1.82) is 0 Å². The molecule has 0 aliphatic rings. The van der Waals surface area contributed by atoms with Crippen LogP contribution < -0.4 is 4.89 Å². The van der Waals surface area contributed by atoms with Crippen molar-refractivity contribution in [1.82, 2.24) is 0 Å². The second kappa shape index (κ2) is 38.3. The van der Waals surface area contributed by atoms with E-state index in [1.54, 1.807) is 0 Å². The minimum Gasteiger partial charge on any atom is -0.756 e. The lowest BCUT2D eigenvalue weighted by molar-refractivity contribution is -0.870. The van der Waals surface area contributed by atoms with Crippen LogP contribution in [0, 0.1) is 0 Å². The van der Waals surface area contributed by atoms with Gasteiger partial charge in [0, 0.05) is 13.0 Å². The van der Waals surface area contributed by atoms with E-state index in [1.807, 2.05) is 21.1 Å². The van der Waals surface area contributed by atoms with Gasteiger partial charge in [0.2, 0.25) is 0 Å². The molecule has 0 aromatic carbocycles. The molecule has 0 fully saturated rings. The number of hydrogen-bond acceptors (Lipinski definition) is 7. The molecule has 0 saturated carbocycles. The Kier molecular flexibility index (Phi) is 36.5. The summed E-state index contributed by atoms with van der Waals surface area (Å²) in [6, 6.07) is 0. The fourth-order valence-electron chi connectivity index (χ4n) is 4.95. The number of quaternary nitrogens is 1. The van der Waals surface area contributed by atoms with Crippen LogP contribution in [0.5, 0.6) is 0 Å². The molecule has 0 saturated heterocycles. The minimum atomic E-state index is -4.55. The van der Waals surface area contributed by atoms with E-state index in [0.717, 1.165) is 83.5 Å². The molecule has 0 amide bonds. The maximum atomic E-state index is 12.6. The lowest BCUT2D eigenvalue weighted by Crippen LogP contribution is -2.37. The van der Waals surface area contributed by atoms with E-state index >= 15 is 0 Å². The lowest BCUT2D eigenvalue weighted by Gasteiger charge is -2.28. The van der Waals surface area contributed by atoms with Crippen molar-refractivity contribution in [2.75, 3.05) is 54.1 Å². The summed E-state index contributed by atoms with van der Waals surface area (Å²) in [7, 11) is 1.29. The van der Waals surface area contributed by atoms with Gasteiger partial charge in [-0.2, -0.15) is 0 Å². The molecule has 314 valence electrons. The number of esters is 1. The molecule has 0 heterocycles. The Morgan fingerprint density at radius 3 is 1.49 bits per heavy atom. The van der Waals surface area contributed by atoms with E-state index in [9.17, 15) is 14.3 Å². The van der Waals surface area contributed by atoms with E-state index in [2.05, 4.69) is 111 Å². The molecule has 0 aliphatic carbocycles. The fraction of sp³-hybridized carbons (Fsp3) is 0.630. The molecular weight excluding hydrogens is 709 g/mol. The molecule has 2 unspecified atom stereocenters. The molecule has 0 aromatic heterocycles. The molecular formula is C46H78NO7P. The molecule has 0 radical (unpaired) electrons. The Bertz CT molecular complexity index is 1190. The molecule has 0 spiro atoms. The highest BCUT2D eigenvalue weighted by Crippen LogP contribution is 2.38. The highest BCUT2D eigenvalue weighted by atomic mass is 31.2. The third-order valence-electron chi connectivity index (χ3n) is 8.13. The van der Waals surface area contributed by atoms with Crippen LogP contribution in [0.25, 0.3) is 0 Å². The number of ether oxygens (including phenoxy) is 2. The van der Waals surface area contributed by atoms with Gasteiger partial charge in [-0.15, -0.1) is 0 Å². The largest absolute Gasteiger partial charge is 0.756 e. The summed E-state index contributed by atoms with van der Waals surface area (Å²) in [5.74, 6) is -0.401. The van der Waals surface area contributed by atoms with Gasteiger partial charge in [0.1, 0.15) is 19.3 Å². The maximum Gasteiger partial charge on any atom is 0.306 e. The first kappa shape index (κ1) is 52.4. The zero-order chi connectivity index (χ0) is 40.6. The number of unbranched alkanes of at least 4 members (excludes halogenated alkanes) is 7. The van der Waals surface area contributed by atoms with Crippen molar-refractivity contribution in [3.8, 4) is 0 Å². The van der Waals surface area contributed by atoms with Crippen molar-refractivity contribution >= 4 is 13.8 Å². The van der Waals surface area contributed by atoms with Crippen LogP contribution in [-0.2, 0) is 27.9 Å². The normalized spacial score (nSPS) is 14.8. The lowest BCUT2D eigenvalue weighted by atomic mass is 10.1. The highest BCUT2D eigenvalue weighted by Gasteiger charge is 2.20. The zero-order valence-electron chi connectivity index (χ0n) is 35.3. The monoisotopic (exact) mass is 788 g/mol. The number of rotatable bonds is 37. The molecule has 0 bridgehead atoms. The molecule has 0 aromatic rings. The van der Waals surface area contributed by atoms with Crippen LogP contribution in [0.4, 0.5) is 0 Å². The third kappa shape index (κ3) is 42.4. The fourth-order valence-corrected chi connectivity index (χ4v) is 5.68. The first-order chi connectivity index (χ1) is 26.6. The summed E-state index contributed by atoms with van der Waals surface area (Å²) in [5.41, 5.74) is 0. The number of nitrogens with zero attached hydrogens (tertiary/aromatic N) is 1. The third-order valence-corrected chi connectivity index (χ3v) is 9.09. The summed E-state index contributed by atoms with van der Waals surface area (Å²) in [4.78, 5) is 25.0. The number of allylic oxidation sites excluding steroid dienone is 16. The van der Waals surface area contributed by atoms with E-state index in [1.165, 1.54) is 19.3 Å². The molecule has 55 heavy (non-hydrogen) atoms. The minimum absolute atomic E-state index is 0.00670. The van der Waals surface area contributed by atoms with Crippen LogP contribution in [-0.4, -0.2) is 70.7 Å². The van der Waals surface area contributed by atoms with Gasteiger partial charge in [0.25, 0.3) is 7.82 Å². The number of carbonyl (C=O) groups is 1. The first-order valence-corrected chi connectivity index (χ1v) is 22.4. The Morgan fingerprint density at radius 2 is 1.00 bits per heavy atom. The van der Waals surface area contributed by atoms with Crippen molar-refractivity contribution in [3.63, 3.8) is 0 Å².